The highest BCUT2D eigenvalue weighted by atomic mass is 16.1. The highest BCUT2D eigenvalue weighted by molar-refractivity contribution is 6.01. The van der Waals surface area contributed by atoms with Crippen molar-refractivity contribution in [1.82, 2.24) is 15.3 Å². The standard InChI is InChI=1S/C14H12N4O/c15-8-12(7-13-4-2-6-17-13)14(19)18-10-11-3-1-5-16-9-11/h1-7,9,17H,10H2,(H,18,19)/b12-7+. The van der Waals surface area contributed by atoms with Gasteiger partial charge in [0.2, 0.25) is 0 Å². The highest BCUT2D eigenvalue weighted by Gasteiger charge is 2.08. The second kappa shape index (κ2) is 6.17. The fraction of sp³-hybridized carbons (Fsp3) is 0.0714. The molecule has 0 saturated carbocycles. The van der Waals surface area contributed by atoms with Crippen LogP contribution in [0.3, 0.4) is 0 Å². The molecule has 0 aliphatic rings. The van der Waals surface area contributed by atoms with E-state index in [2.05, 4.69) is 15.3 Å². The van der Waals surface area contributed by atoms with Gasteiger partial charge in [-0.3, -0.25) is 9.78 Å². The van der Waals surface area contributed by atoms with Crippen LogP contribution in [0.4, 0.5) is 0 Å². The first-order chi connectivity index (χ1) is 9.29. The van der Waals surface area contributed by atoms with Crippen molar-refractivity contribution in [2.24, 2.45) is 0 Å². The molecule has 2 N–H and O–H groups in total. The van der Waals surface area contributed by atoms with Gasteiger partial charge in [0, 0.05) is 30.8 Å². The van der Waals surface area contributed by atoms with Crippen molar-refractivity contribution in [2.45, 2.75) is 6.54 Å². The second-order valence-corrected chi connectivity index (χ2v) is 3.84. The van der Waals surface area contributed by atoms with E-state index in [-0.39, 0.29) is 5.57 Å². The summed E-state index contributed by atoms with van der Waals surface area (Å²) in [6.07, 6.45) is 6.57. The number of aromatic nitrogens is 2. The van der Waals surface area contributed by atoms with E-state index in [1.165, 1.54) is 6.08 Å². The van der Waals surface area contributed by atoms with Gasteiger partial charge in [0.05, 0.1) is 0 Å². The number of hydrogen-bond donors (Lipinski definition) is 2. The number of carbonyl (C=O) groups excluding carboxylic acids is 1. The summed E-state index contributed by atoms with van der Waals surface area (Å²) in [4.78, 5) is 18.7. The van der Waals surface area contributed by atoms with E-state index in [4.69, 9.17) is 5.26 Å². The summed E-state index contributed by atoms with van der Waals surface area (Å²) in [6, 6.07) is 9.12. The minimum atomic E-state index is -0.402. The maximum absolute atomic E-state index is 11.8. The van der Waals surface area contributed by atoms with Gasteiger partial charge in [-0.1, -0.05) is 6.07 Å². The van der Waals surface area contributed by atoms with Crippen LogP contribution in [0.2, 0.25) is 0 Å². The van der Waals surface area contributed by atoms with Crippen LogP contribution in [0.5, 0.6) is 0 Å². The largest absolute Gasteiger partial charge is 0.362 e. The zero-order chi connectivity index (χ0) is 13.5. The number of rotatable bonds is 4. The molecule has 5 heteroatoms. The molecular weight excluding hydrogens is 240 g/mol. The zero-order valence-electron chi connectivity index (χ0n) is 10.1. The van der Waals surface area contributed by atoms with E-state index >= 15 is 0 Å². The zero-order valence-corrected chi connectivity index (χ0v) is 10.1. The molecule has 19 heavy (non-hydrogen) atoms. The number of nitriles is 1. The van der Waals surface area contributed by atoms with E-state index < -0.39 is 5.91 Å². The third-order valence-corrected chi connectivity index (χ3v) is 2.46. The maximum Gasteiger partial charge on any atom is 0.262 e. The number of nitrogens with zero attached hydrogens (tertiary/aromatic N) is 2. The first-order valence-corrected chi connectivity index (χ1v) is 5.72. The van der Waals surface area contributed by atoms with Crippen molar-refractivity contribution in [3.63, 3.8) is 0 Å². The molecule has 5 nitrogen and oxygen atoms in total. The summed E-state index contributed by atoms with van der Waals surface area (Å²) < 4.78 is 0. The molecule has 2 aromatic rings. The predicted molar refractivity (Wildman–Crippen MR) is 70.5 cm³/mol. The minimum absolute atomic E-state index is 0.0614. The van der Waals surface area contributed by atoms with Crippen LogP contribution in [0.15, 0.2) is 48.4 Å². The van der Waals surface area contributed by atoms with Gasteiger partial charge in [-0.2, -0.15) is 5.26 Å². The van der Waals surface area contributed by atoms with Crippen LogP contribution < -0.4 is 5.32 Å². The van der Waals surface area contributed by atoms with Gasteiger partial charge in [0.15, 0.2) is 0 Å². The molecule has 0 radical (unpaired) electrons. The summed E-state index contributed by atoms with van der Waals surface area (Å²) in [7, 11) is 0. The average Bonchev–Trinajstić information content (AvgIpc) is 2.96. The Morgan fingerprint density at radius 1 is 1.47 bits per heavy atom. The average molecular weight is 252 g/mol. The molecule has 0 unspecified atom stereocenters. The molecule has 0 bridgehead atoms. The van der Waals surface area contributed by atoms with Gasteiger partial charge in [0.25, 0.3) is 5.91 Å². The summed E-state index contributed by atoms with van der Waals surface area (Å²) in [6.45, 7) is 0.344. The quantitative estimate of drug-likeness (QED) is 0.641. The molecule has 0 spiro atoms. The molecule has 0 fully saturated rings. The monoisotopic (exact) mass is 252 g/mol. The number of aromatic amines is 1. The van der Waals surface area contributed by atoms with Gasteiger partial charge < -0.3 is 10.3 Å². The summed E-state index contributed by atoms with van der Waals surface area (Å²) in [5, 5.41) is 11.7. The minimum Gasteiger partial charge on any atom is -0.362 e. The number of nitrogens with one attached hydrogen (secondary N) is 2. The topological polar surface area (TPSA) is 81.6 Å². The van der Waals surface area contributed by atoms with Crippen molar-refractivity contribution in [2.75, 3.05) is 0 Å². The van der Waals surface area contributed by atoms with Crippen molar-refractivity contribution in [1.29, 1.82) is 5.26 Å². The molecule has 0 saturated heterocycles. The number of H-pyrrole nitrogens is 1. The van der Waals surface area contributed by atoms with Gasteiger partial charge in [-0.25, -0.2) is 0 Å². The lowest BCUT2D eigenvalue weighted by atomic mass is 10.2. The Morgan fingerprint density at radius 3 is 3.00 bits per heavy atom. The number of amides is 1. The summed E-state index contributed by atoms with van der Waals surface area (Å²) in [5.41, 5.74) is 1.66. The fourth-order valence-electron chi connectivity index (χ4n) is 1.52. The van der Waals surface area contributed by atoms with Crippen LogP contribution in [-0.4, -0.2) is 15.9 Å². The Balaban J connectivity index is 2.01. The normalized spacial score (nSPS) is 10.8. The molecule has 94 valence electrons. The van der Waals surface area contributed by atoms with E-state index in [9.17, 15) is 4.79 Å². The van der Waals surface area contributed by atoms with E-state index in [0.717, 1.165) is 5.56 Å². The molecule has 1 amide bonds. The Bertz CT molecular complexity index is 609. The smallest absolute Gasteiger partial charge is 0.262 e. The Morgan fingerprint density at radius 2 is 2.37 bits per heavy atom. The van der Waals surface area contributed by atoms with Crippen LogP contribution in [0.1, 0.15) is 11.3 Å². The number of hydrogen-bond acceptors (Lipinski definition) is 3. The summed E-state index contributed by atoms with van der Waals surface area (Å²) in [5.74, 6) is -0.402. The SMILES string of the molecule is N#C/C(=C\c1ccc[nH]1)C(=O)NCc1cccnc1. The number of carbonyl (C=O) groups is 1. The van der Waals surface area contributed by atoms with Gasteiger partial charge in [-0.15, -0.1) is 0 Å². The highest BCUT2D eigenvalue weighted by Crippen LogP contribution is 2.04. The molecule has 0 aliphatic heterocycles. The Hall–Kier alpha value is -2.87. The van der Waals surface area contributed by atoms with Crippen LogP contribution in [0, 0.1) is 11.3 Å². The van der Waals surface area contributed by atoms with E-state index in [0.29, 0.717) is 12.2 Å². The van der Waals surface area contributed by atoms with Gasteiger partial charge in [0.1, 0.15) is 11.6 Å². The third kappa shape index (κ3) is 3.54. The molecule has 2 heterocycles. The van der Waals surface area contributed by atoms with Crippen LogP contribution in [0.25, 0.3) is 6.08 Å². The fourth-order valence-corrected chi connectivity index (χ4v) is 1.52. The van der Waals surface area contributed by atoms with Gasteiger partial charge in [-0.05, 0) is 29.8 Å². The van der Waals surface area contributed by atoms with E-state index in [1.54, 1.807) is 36.8 Å². The lowest BCUT2D eigenvalue weighted by Crippen LogP contribution is -2.24. The molecule has 0 aromatic carbocycles. The second-order valence-electron chi connectivity index (χ2n) is 3.84. The van der Waals surface area contributed by atoms with Crippen molar-refractivity contribution >= 4 is 12.0 Å². The molecule has 2 aromatic heterocycles. The Labute approximate surface area is 110 Å². The maximum atomic E-state index is 11.8. The Kier molecular flexibility index (Phi) is 4.09. The van der Waals surface area contributed by atoms with Gasteiger partial charge >= 0.3 is 0 Å². The van der Waals surface area contributed by atoms with Crippen molar-refractivity contribution in [3.05, 3.63) is 59.7 Å². The summed E-state index contributed by atoms with van der Waals surface area (Å²) >= 11 is 0. The first kappa shape index (κ1) is 12.6. The lowest BCUT2D eigenvalue weighted by Gasteiger charge is -2.03. The van der Waals surface area contributed by atoms with Crippen LogP contribution in [-0.2, 0) is 11.3 Å². The number of pyridine rings is 1. The third-order valence-electron chi connectivity index (χ3n) is 2.46. The molecule has 0 aliphatic carbocycles. The van der Waals surface area contributed by atoms with E-state index in [1.807, 2.05) is 12.1 Å². The molecule has 2 rings (SSSR count). The predicted octanol–water partition coefficient (Wildman–Crippen LogP) is 1.63. The lowest BCUT2D eigenvalue weighted by molar-refractivity contribution is -0.117. The molecule has 0 atom stereocenters. The van der Waals surface area contributed by atoms with Crippen molar-refractivity contribution in [3.8, 4) is 6.07 Å². The van der Waals surface area contributed by atoms with Crippen LogP contribution >= 0.6 is 0 Å². The molecular formula is C14H12N4O. The van der Waals surface area contributed by atoms with Crippen molar-refractivity contribution < 1.29 is 4.79 Å². The first-order valence-electron chi connectivity index (χ1n) is 5.72.